The van der Waals surface area contributed by atoms with E-state index in [0.29, 0.717) is 11.3 Å². The van der Waals surface area contributed by atoms with E-state index >= 15 is 0 Å². The smallest absolute Gasteiger partial charge is 0.270 e. The number of pyridine rings is 3. The average molecular weight is 499 g/mol. The number of aromatic nitrogens is 3. The number of anilines is 1. The van der Waals surface area contributed by atoms with Crippen molar-refractivity contribution in [2.75, 3.05) is 32.2 Å². The molecule has 13 heteroatoms. The molecule has 188 valence electrons. The Balaban J connectivity index is 1.19. The molecule has 2 aliphatic heterocycles. The largest absolute Gasteiger partial charge is 0.481 e. The highest BCUT2D eigenvalue weighted by Gasteiger charge is 2.31. The van der Waals surface area contributed by atoms with Crippen molar-refractivity contribution in [1.29, 1.82) is 0 Å². The third-order valence-electron chi connectivity index (χ3n) is 5.64. The number of carbonyl (C=O) groups excluding carboxylic acids is 2. The number of halogens is 1. The molecule has 2 amide bonds. The maximum Gasteiger partial charge on any atom is 0.270 e. The van der Waals surface area contributed by atoms with Gasteiger partial charge >= 0.3 is 0 Å². The zero-order valence-electron chi connectivity index (χ0n) is 19.1. The fourth-order valence-electron chi connectivity index (χ4n) is 3.86. The van der Waals surface area contributed by atoms with Crippen molar-refractivity contribution >= 4 is 28.7 Å². The van der Waals surface area contributed by atoms with E-state index in [0.717, 1.165) is 6.20 Å². The van der Waals surface area contributed by atoms with E-state index in [1.165, 1.54) is 13.2 Å². The van der Waals surface area contributed by atoms with Crippen LogP contribution in [0.4, 0.5) is 10.2 Å². The molecule has 12 nitrogen and oxygen atoms in total. The van der Waals surface area contributed by atoms with Crippen LogP contribution >= 0.6 is 0 Å². The number of methoxy groups -OCH3 is 1. The second-order valence-electron chi connectivity index (χ2n) is 8.16. The Morgan fingerprint density at radius 2 is 2.08 bits per heavy atom. The van der Waals surface area contributed by atoms with Crippen LogP contribution in [0, 0.1) is 5.82 Å². The van der Waals surface area contributed by atoms with E-state index in [-0.39, 0.29) is 60.6 Å². The lowest BCUT2D eigenvalue weighted by Gasteiger charge is -2.32. The molecule has 0 saturated carbocycles. The number of nitrogens with zero attached hydrogens (tertiary/aromatic N) is 3. The van der Waals surface area contributed by atoms with Crippen molar-refractivity contribution in [3.05, 3.63) is 47.5 Å². The number of ether oxygens (including phenoxy) is 4. The Morgan fingerprint density at radius 3 is 2.86 bits per heavy atom. The van der Waals surface area contributed by atoms with Crippen LogP contribution in [0.25, 0.3) is 11.0 Å². The lowest BCUT2D eigenvalue weighted by molar-refractivity contribution is -0.229. The second-order valence-corrected chi connectivity index (χ2v) is 8.16. The van der Waals surface area contributed by atoms with E-state index in [2.05, 4.69) is 25.6 Å². The normalized spacial score (nSPS) is 20.1. The quantitative estimate of drug-likeness (QED) is 0.439. The molecule has 2 aliphatic rings. The van der Waals surface area contributed by atoms with Crippen LogP contribution in [0.3, 0.4) is 0 Å². The van der Waals surface area contributed by atoms with E-state index in [1.807, 2.05) is 0 Å². The number of aliphatic hydroxyl groups excluding tert-OH is 1. The first kappa shape index (κ1) is 23.8. The van der Waals surface area contributed by atoms with Crippen LogP contribution in [-0.2, 0) is 20.7 Å². The molecule has 36 heavy (non-hydrogen) atoms. The van der Waals surface area contributed by atoms with E-state index in [9.17, 15) is 19.1 Å². The predicted octanol–water partition coefficient (Wildman–Crippen LogP) is 0.578. The van der Waals surface area contributed by atoms with Gasteiger partial charge in [-0.05, 0) is 18.2 Å². The minimum absolute atomic E-state index is 0.0455. The van der Waals surface area contributed by atoms with Crippen molar-refractivity contribution in [2.24, 2.45) is 0 Å². The summed E-state index contributed by atoms with van der Waals surface area (Å²) < 4.78 is 36.1. The predicted molar refractivity (Wildman–Crippen MR) is 121 cm³/mol. The van der Waals surface area contributed by atoms with Crippen LogP contribution in [0.2, 0.25) is 0 Å². The Kier molecular flexibility index (Phi) is 6.59. The molecule has 1 fully saturated rings. The number of hydrogen-bond acceptors (Lipinski definition) is 10. The molecule has 0 aliphatic carbocycles. The molecule has 3 aromatic rings. The van der Waals surface area contributed by atoms with E-state index < -0.39 is 30.2 Å². The highest BCUT2D eigenvalue weighted by atomic mass is 19.1. The molecule has 3 aromatic heterocycles. The standard InChI is InChI=1S/C23H22FN5O7/c1-33-19-5-3-14-20(29-19)12(13(24)7-25-14)6-16(30)23-35-8-11(9-36-23)26-22(32)15-2-4-17-21(27-15)28-18(31)10-34-17/h2-5,7,11,16,23,30H,6,8-10H2,1H3,(H,26,32)(H,27,28,31)/t11?,16-,23?/m0/s1. The van der Waals surface area contributed by atoms with Crippen molar-refractivity contribution in [3.63, 3.8) is 0 Å². The van der Waals surface area contributed by atoms with Gasteiger partial charge in [0, 0.05) is 18.1 Å². The summed E-state index contributed by atoms with van der Waals surface area (Å²) in [7, 11) is 1.45. The van der Waals surface area contributed by atoms with Gasteiger partial charge in [-0.25, -0.2) is 14.4 Å². The Morgan fingerprint density at radius 1 is 1.28 bits per heavy atom. The molecule has 0 bridgehead atoms. The van der Waals surface area contributed by atoms with Gasteiger partial charge in [0.15, 0.2) is 24.5 Å². The average Bonchev–Trinajstić information content (AvgIpc) is 2.89. The van der Waals surface area contributed by atoms with Crippen molar-refractivity contribution in [2.45, 2.75) is 24.9 Å². The SMILES string of the molecule is COc1ccc2ncc(F)c(C[C@H](O)C3OCC(NC(=O)c4ccc5c(n4)NC(=O)CO5)CO3)c2n1. The van der Waals surface area contributed by atoms with Gasteiger partial charge in [0.2, 0.25) is 5.88 Å². The van der Waals surface area contributed by atoms with Crippen LogP contribution in [0.15, 0.2) is 30.5 Å². The molecule has 1 atom stereocenters. The van der Waals surface area contributed by atoms with Gasteiger partial charge in [-0.15, -0.1) is 0 Å². The maximum atomic E-state index is 14.6. The fraction of sp³-hybridized carbons (Fsp3) is 0.348. The number of hydrogen-bond donors (Lipinski definition) is 3. The van der Waals surface area contributed by atoms with Gasteiger partial charge in [-0.3, -0.25) is 14.6 Å². The second kappa shape index (κ2) is 9.97. The lowest BCUT2D eigenvalue weighted by atomic mass is 10.1. The third-order valence-corrected chi connectivity index (χ3v) is 5.64. The van der Waals surface area contributed by atoms with Gasteiger partial charge in [-0.2, -0.15) is 0 Å². The van der Waals surface area contributed by atoms with Crippen LogP contribution in [-0.4, -0.2) is 77.2 Å². The molecule has 5 heterocycles. The topological polar surface area (TPSA) is 154 Å². The summed E-state index contributed by atoms with van der Waals surface area (Å²) in [5.41, 5.74) is 0.955. The molecule has 3 N–H and O–H groups in total. The number of nitrogens with one attached hydrogen (secondary N) is 2. The fourth-order valence-corrected chi connectivity index (χ4v) is 3.86. The van der Waals surface area contributed by atoms with Crippen molar-refractivity contribution in [3.8, 4) is 11.6 Å². The molecular formula is C23H22FN5O7. The molecule has 0 radical (unpaired) electrons. The number of rotatable bonds is 6. The number of amides is 2. The summed E-state index contributed by atoms with van der Waals surface area (Å²) in [6, 6.07) is 5.76. The maximum absolute atomic E-state index is 14.6. The summed E-state index contributed by atoms with van der Waals surface area (Å²) in [5.74, 6) is -0.652. The van der Waals surface area contributed by atoms with Gasteiger partial charge in [0.25, 0.3) is 11.8 Å². The molecular weight excluding hydrogens is 477 g/mol. The number of aliphatic hydroxyl groups is 1. The Hall–Kier alpha value is -3.94. The zero-order chi connectivity index (χ0) is 25.2. The van der Waals surface area contributed by atoms with Crippen molar-refractivity contribution in [1.82, 2.24) is 20.3 Å². The first-order chi connectivity index (χ1) is 17.4. The summed E-state index contributed by atoms with van der Waals surface area (Å²) in [6.07, 6.45) is -1.32. The molecule has 0 spiro atoms. The van der Waals surface area contributed by atoms with Crippen LogP contribution in [0.1, 0.15) is 16.1 Å². The lowest BCUT2D eigenvalue weighted by Crippen LogP contribution is -2.50. The Bertz CT molecular complexity index is 1320. The Labute approximate surface area is 203 Å². The highest BCUT2D eigenvalue weighted by Crippen LogP contribution is 2.26. The van der Waals surface area contributed by atoms with Gasteiger partial charge in [0.1, 0.15) is 17.6 Å². The monoisotopic (exact) mass is 499 g/mol. The zero-order valence-corrected chi connectivity index (χ0v) is 19.1. The first-order valence-electron chi connectivity index (χ1n) is 11.0. The van der Waals surface area contributed by atoms with Crippen molar-refractivity contribution < 1.29 is 38.0 Å². The van der Waals surface area contributed by atoms with Crippen LogP contribution < -0.4 is 20.1 Å². The highest BCUT2D eigenvalue weighted by molar-refractivity contribution is 5.97. The molecule has 5 rings (SSSR count). The van der Waals surface area contributed by atoms with Crippen LogP contribution in [0.5, 0.6) is 11.6 Å². The van der Waals surface area contributed by atoms with Gasteiger partial charge in [-0.1, -0.05) is 0 Å². The molecule has 1 saturated heterocycles. The minimum atomic E-state index is -1.21. The summed E-state index contributed by atoms with van der Waals surface area (Å²) >= 11 is 0. The van der Waals surface area contributed by atoms with E-state index in [1.54, 1.807) is 18.2 Å². The summed E-state index contributed by atoms with van der Waals surface area (Å²) in [6.45, 7) is -0.0213. The van der Waals surface area contributed by atoms with Gasteiger partial charge in [0.05, 0.1) is 43.6 Å². The van der Waals surface area contributed by atoms with E-state index in [4.69, 9.17) is 18.9 Å². The molecule has 0 unspecified atom stereocenters. The summed E-state index contributed by atoms with van der Waals surface area (Å²) in [5, 5.41) is 16.0. The number of fused-ring (bicyclic) bond motifs is 2. The third kappa shape index (κ3) is 4.89. The minimum Gasteiger partial charge on any atom is -0.481 e. The van der Waals surface area contributed by atoms with Gasteiger partial charge < -0.3 is 34.7 Å². The molecule has 0 aromatic carbocycles. The number of carbonyl (C=O) groups is 2. The summed E-state index contributed by atoms with van der Waals surface area (Å²) in [4.78, 5) is 36.5. The first-order valence-corrected chi connectivity index (χ1v) is 11.0.